The number of amides is 1. The molecule has 1 aromatic rings. The monoisotopic (exact) mass is 413 g/mol. The van der Waals surface area contributed by atoms with Crippen LogP contribution in [0.2, 0.25) is 0 Å². The Balaban J connectivity index is 1.92. The van der Waals surface area contributed by atoms with Gasteiger partial charge in [0.05, 0.1) is 30.8 Å². The highest BCUT2D eigenvalue weighted by Crippen LogP contribution is 2.28. The van der Waals surface area contributed by atoms with E-state index in [-0.39, 0.29) is 23.1 Å². The summed E-state index contributed by atoms with van der Waals surface area (Å²) >= 11 is 0. The van der Waals surface area contributed by atoms with E-state index in [0.717, 1.165) is 12.8 Å². The molecule has 1 heterocycles. The minimum atomic E-state index is -3.10. The minimum Gasteiger partial charge on any atom is -0.493 e. The lowest BCUT2D eigenvalue weighted by molar-refractivity contribution is -0.134. The van der Waals surface area contributed by atoms with E-state index >= 15 is 0 Å². The van der Waals surface area contributed by atoms with E-state index in [9.17, 15) is 18.0 Å². The van der Waals surface area contributed by atoms with Crippen molar-refractivity contribution in [2.75, 3.05) is 38.9 Å². The molecule has 0 radical (unpaired) electrons. The molecular formula is C19H27NO7S. The molecule has 156 valence electrons. The minimum absolute atomic E-state index is 0.0557. The summed E-state index contributed by atoms with van der Waals surface area (Å²) in [4.78, 5) is 25.8. The van der Waals surface area contributed by atoms with Crippen LogP contribution in [0.15, 0.2) is 18.2 Å². The van der Waals surface area contributed by atoms with Crippen molar-refractivity contribution in [3.8, 4) is 11.5 Å². The van der Waals surface area contributed by atoms with Crippen molar-refractivity contribution in [2.45, 2.75) is 32.2 Å². The van der Waals surface area contributed by atoms with Crippen LogP contribution in [0, 0.1) is 0 Å². The molecule has 1 unspecified atom stereocenters. The number of esters is 1. The predicted octanol–water partition coefficient (Wildman–Crippen LogP) is 1.68. The smallest absolute Gasteiger partial charge is 0.338 e. The maximum absolute atomic E-state index is 12.3. The van der Waals surface area contributed by atoms with E-state index in [1.165, 1.54) is 25.1 Å². The van der Waals surface area contributed by atoms with Gasteiger partial charge in [-0.05, 0) is 31.0 Å². The number of rotatable bonds is 9. The third-order valence-electron chi connectivity index (χ3n) is 4.63. The fourth-order valence-corrected chi connectivity index (χ4v) is 4.61. The van der Waals surface area contributed by atoms with Crippen LogP contribution in [0.4, 0.5) is 0 Å². The number of hydrogen-bond donors (Lipinski definition) is 0. The molecule has 0 saturated carbocycles. The number of methoxy groups -OCH3 is 1. The van der Waals surface area contributed by atoms with Gasteiger partial charge < -0.3 is 19.1 Å². The number of likely N-dealkylation sites (N-methyl/N-ethyl adjacent to an activating group) is 1. The molecule has 9 heteroatoms. The zero-order valence-electron chi connectivity index (χ0n) is 16.5. The summed E-state index contributed by atoms with van der Waals surface area (Å²) in [6, 6.07) is 4.30. The fraction of sp³-hybridized carbons (Fsp3) is 0.579. The molecule has 1 atom stereocenters. The van der Waals surface area contributed by atoms with Gasteiger partial charge in [0.15, 0.2) is 27.9 Å². The maximum atomic E-state index is 12.3. The number of carbonyl (C=O) groups excluding carboxylic acids is 2. The molecule has 0 spiro atoms. The quantitative estimate of drug-likeness (QED) is 0.448. The molecule has 1 aliphatic rings. The van der Waals surface area contributed by atoms with Gasteiger partial charge in [0.1, 0.15) is 0 Å². The molecule has 1 amide bonds. The van der Waals surface area contributed by atoms with Crippen molar-refractivity contribution in [1.29, 1.82) is 0 Å². The standard InChI is InChI=1S/C19H27NO7S/c1-4-5-9-26-16-7-6-14(11-17(16)25-3)19(22)27-12-18(21)20(2)15-8-10-28(23,24)13-15/h6-7,11,15H,4-5,8-10,12-13H2,1-3H3. The number of carbonyl (C=O) groups is 2. The molecule has 0 aliphatic carbocycles. The Bertz CT molecular complexity index is 807. The highest BCUT2D eigenvalue weighted by Gasteiger charge is 2.33. The third-order valence-corrected chi connectivity index (χ3v) is 6.38. The summed E-state index contributed by atoms with van der Waals surface area (Å²) in [6.45, 7) is 2.15. The van der Waals surface area contributed by atoms with Crippen molar-refractivity contribution in [3.05, 3.63) is 23.8 Å². The number of sulfone groups is 1. The Morgan fingerprint density at radius 2 is 2.00 bits per heavy atom. The van der Waals surface area contributed by atoms with Crippen molar-refractivity contribution in [1.82, 2.24) is 4.90 Å². The van der Waals surface area contributed by atoms with Gasteiger partial charge in [-0.15, -0.1) is 0 Å². The molecule has 2 rings (SSSR count). The largest absolute Gasteiger partial charge is 0.493 e. The van der Waals surface area contributed by atoms with Gasteiger partial charge in [-0.25, -0.2) is 13.2 Å². The van der Waals surface area contributed by atoms with E-state index in [4.69, 9.17) is 14.2 Å². The number of benzene rings is 1. The number of ether oxygens (including phenoxy) is 3. The van der Waals surface area contributed by atoms with Crippen LogP contribution in [-0.4, -0.2) is 70.1 Å². The highest BCUT2D eigenvalue weighted by molar-refractivity contribution is 7.91. The van der Waals surface area contributed by atoms with E-state index in [1.54, 1.807) is 12.1 Å². The number of unbranched alkanes of at least 4 members (excludes halogenated alkanes) is 1. The summed E-state index contributed by atoms with van der Waals surface area (Å²) in [5, 5.41) is 0. The average molecular weight is 413 g/mol. The Labute approximate surface area is 165 Å². The Hall–Kier alpha value is -2.29. The normalized spacial score (nSPS) is 17.8. The van der Waals surface area contributed by atoms with Gasteiger partial charge in [-0.1, -0.05) is 13.3 Å². The SMILES string of the molecule is CCCCOc1ccc(C(=O)OCC(=O)N(C)C2CCS(=O)(=O)C2)cc1OC. The highest BCUT2D eigenvalue weighted by atomic mass is 32.2. The van der Waals surface area contributed by atoms with E-state index in [1.807, 2.05) is 0 Å². The first kappa shape index (κ1) is 22.0. The molecule has 1 fully saturated rings. The van der Waals surface area contributed by atoms with Gasteiger partial charge in [0.2, 0.25) is 0 Å². The second kappa shape index (κ2) is 9.77. The average Bonchev–Trinajstić information content (AvgIpc) is 3.05. The van der Waals surface area contributed by atoms with Gasteiger partial charge >= 0.3 is 5.97 Å². The topological polar surface area (TPSA) is 99.2 Å². The Morgan fingerprint density at radius 1 is 1.25 bits per heavy atom. The van der Waals surface area contributed by atoms with Gasteiger partial charge in [-0.3, -0.25) is 4.79 Å². The molecule has 0 bridgehead atoms. The summed E-state index contributed by atoms with van der Waals surface area (Å²) in [5.74, 6) is -0.154. The van der Waals surface area contributed by atoms with Crippen LogP contribution in [0.3, 0.4) is 0 Å². The molecule has 8 nitrogen and oxygen atoms in total. The van der Waals surface area contributed by atoms with Crippen LogP contribution in [0.1, 0.15) is 36.5 Å². The van der Waals surface area contributed by atoms with Gasteiger partial charge in [-0.2, -0.15) is 0 Å². The second-order valence-electron chi connectivity index (χ2n) is 6.71. The number of hydrogen-bond acceptors (Lipinski definition) is 7. The molecule has 1 aromatic carbocycles. The van der Waals surface area contributed by atoms with E-state index in [2.05, 4.69) is 6.92 Å². The lowest BCUT2D eigenvalue weighted by atomic mass is 10.2. The molecule has 1 saturated heterocycles. The molecule has 0 N–H and O–H groups in total. The van der Waals surface area contributed by atoms with Crippen LogP contribution in [-0.2, 0) is 19.4 Å². The van der Waals surface area contributed by atoms with Crippen LogP contribution in [0.25, 0.3) is 0 Å². The molecule has 1 aliphatic heterocycles. The second-order valence-corrected chi connectivity index (χ2v) is 8.93. The molecule has 0 aromatic heterocycles. The summed E-state index contributed by atoms with van der Waals surface area (Å²) in [6.07, 6.45) is 2.31. The van der Waals surface area contributed by atoms with Gasteiger partial charge in [0, 0.05) is 13.1 Å². The lowest BCUT2D eigenvalue weighted by Gasteiger charge is -2.23. The summed E-state index contributed by atoms with van der Waals surface area (Å²) in [7, 11) is -0.0976. The summed E-state index contributed by atoms with van der Waals surface area (Å²) < 4.78 is 39.0. The first-order chi connectivity index (χ1) is 13.3. The van der Waals surface area contributed by atoms with E-state index in [0.29, 0.717) is 24.5 Å². The predicted molar refractivity (Wildman–Crippen MR) is 104 cm³/mol. The van der Waals surface area contributed by atoms with Crippen molar-refractivity contribution in [2.24, 2.45) is 0 Å². The Kier molecular flexibility index (Phi) is 7.68. The first-order valence-corrected chi connectivity index (χ1v) is 11.0. The Morgan fingerprint density at radius 3 is 2.61 bits per heavy atom. The molecule has 28 heavy (non-hydrogen) atoms. The third kappa shape index (κ3) is 5.85. The molecular weight excluding hydrogens is 386 g/mol. The van der Waals surface area contributed by atoms with Crippen LogP contribution >= 0.6 is 0 Å². The first-order valence-electron chi connectivity index (χ1n) is 9.21. The van der Waals surface area contributed by atoms with E-state index < -0.39 is 28.3 Å². The lowest BCUT2D eigenvalue weighted by Crippen LogP contribution is -2.40. The summed E-state index contributed by atoms with van der Waals surface area (Å²) in [5.41, 5.74) is 0.235. The number of nitrogens with zero attached hydrogens (tertiary/aromatic N) is 1. The fourth-order valence-electron chi connectivity index (χ4n) is 2.84. The zero-order valence-corrected chi connectivity index (χ0v) is 17.3. The van der Waals surface area contributed by atoms with Crippen molar-refractivity contribution >= 4 is 21.7 Å². The van der Waals surface area contributed by atoms with Crippen LogP contribution < -0.4 is 9.47 Å². The van der Waals surface area contributed by atoms with Crippen molar-refractivity contribution in [3.63, 3.8) is 0 Å². The van der Waals surface area contributed by atoms with Crippen molar-refractivity contribution < 1.29 is 32.2 Å². The zero-order chi connectivity index (χ0) is 20.7. The van der Waals surface area contributed by atoms with Gasteiger partial charge in [0.25, 0.3) is 5.91 Å². The van der Waals surface area contributed by atoms with Crippen LogP contribution in [0.5, 0.6) is 11.5 Å². The maximum Gasteiger partial charge on any atom is 0.338 e.